The molecule has 0 aliphatic rings. The molecule has 0 unspecified atom stereocenters. The molecule has 0 radical (unpaired) electrons. The van der Waals surface area contributed by atoms with Gasteiger partial charge in [-0.15, -0.1) is 0 Å². The lowest BCUT2D eigenvalue weighted by molar-refractivity contribution is -0.132. The summed E-state index contributed by atoms with van der Waals surface area (Å²) < 4.78 is 3.94. The molecular weight excluding hydrogens is 364 g/mol. The van der Waals surface area contributed by atoms with E-state index < -0.39 is 23.4 Å². The van der Waals surface area contributed by atoms with Crippen molar-refractivity contribution in [2.45, 2.75) is 25.4 Å². The van der Waals surface area contributed by atoms with E-state index in [1.807, 2.05) is 5.38 Å². The van der Waals surface area contributed by atoms with Gasteiger partial charge in [-0.1, -0.05) is 11.8 Å². The van der Waals surface area contributed by atoms with Gasteiger partial charge >= 0.3 is 0 Å². The summed E-state index contributed by atoms with van der Waals surface area (Å²) in [5.41, 5.74) is 8.16. The summed E-state index contributed by atoms with van der Waals surface area (Å²) in [6.07, 6.45) is 1.67. The normalized spacial score (nSPS) is 11.3. The molecule has 1 atom stereocenters. The Kier molecular flexibility index (Phi) is 6.69. The van der Waals surface area contributed by atoms with Gasteiger partial charge in [-0.2, -0.15) is 4.37 Å². The second kappa shape index (κ2) is 8.97. The summed E-state index contributed by atoms with van der Waals surface area (Å²) in [6, 6.07) is 5.39. The largest absolute Gasteiger partial charge is 0.338 e. The van der Waals surface area contributed by atoms with Gasteiger partial charge < -0.3 is 11.1 Å². The molecule has 0 spiro atoms. The molecular formula is C19H18N4O3S. The molecule has 0 aliphatic carbocycles. The van der Waals surface area contributed by atoms with Crippen LogP contribution in [-0.2, 0) is 4.79 Å². The van der Waals surface area contributed by atoms with Crippen LogP contribution in [0.1, 0.15) is 35.3 Å². The lowest BCUT2D eigenvalue weighted by Gasteiger charge is -2.29. The summed E-state index contributed by atoms with van der Waals surface area (Å²) >= 11 is 1.32. The van der Waals surface area contributed by atoms with E-state index in [0.717, 1.165) is 5.56 Å². The van der Waals surface area contributed by atoms with Gasteiger partial charge in [0, 0.05) is 22.0 Å². The van der Waals surface area contributed by atoms with Crippen molar-refractivity contribution in [3.63, 3.8) is 0 Å². The van der Waals surface area contributed by atoms with Crippen LogP contribution < -0.4 is 16.5 Å². The minimum absolute atomic E-state index is 0.330. The third-order valence-corrected chi connectivity index (χ3v) is 4.03. The predicted molar refractivity (Wildman–Crippen MR) is 102 cm³/mol. The maximum Gasteiger partial charge on any atom is 0.267 e. The van der Waals surface area contributed by atoms with Crippen LogP contribution in [0, 0.1) is 23.7 Å². The molecule has 0 fully saturated rings. The van der Waals surface area contributed by atoms with Crippen LogP contribution in [0.4, 0.5) is 0 Å². The van der Waals surface area contributed by atoms with E-state index in [2.05, 4.69) is 33.4 Å². The molecule has 1 aromatic carbocycles. The van der Waals surface area contributed by atoms with Crippen molar-refractivity contribution in [1.29, 1.82) is 0 Å². The lowest BCUT2D eigenvalue weighted by Crippen LogP contribution is -2.61. The number of benzene rings is 1. The fourth-order valence-corrected chi connectivity index (χ4v) is 2.52. The van der Waals surface area contributed by atoms with Gasteiger partial charge in [0.2, 0.25) is 0 Å². The van der Waals surface area contributed by atoms with Crippen LogP contribution in [0.5, 0.6) is 0 Å². The zero-order valence-corrected chi connectivity index (χ0v) is 15.6. The predicted octanol–water partition coefficient (Wildman–Crippen LogP) is 0.887. The quantitative estimate of drug-likeness (QED) is 0.356. The van der Waals surface area contributed by atoms with Crippen molar-refractivity contribution in [2.24, 2.45) is 5.73 Å². The van der Waals surface area contributed by atoms with Gasteiger partial charge in [0.05, 0.1) is 11.8 Å². The number of aromatic nitrogens is 1. The van der Waals surface area contributed by atoms with Crippen molar-refractivity contribution in [3.8, 4) is 23.7 Å². The second-order valence-electron chi connectivity index (χ2n) is 6.19. The number of nitrogens with zero attached hydrogens (tertiary/aromatic N) is 1. The van der Waals surface area contributed by atoms with E-state index in [0.29, 0.717) is 11.1 Å². The zero-order chi connectivity index (χ0) is 19.9. The van der Waals surface area contributed by atoms with Gasteiger partial charge in [-0.05, 0) is 61.5 Å². The zero-order valence-electron chi connectivity index (χ0n) is 14.7. The van der Waals surface area contributed by atoms with E-state index in [1.54, 1.807) is 44.3 Å². The molecule has 0 saturated carbocycles. The van der Waals surface area contributed by atoms with Gasteiger partial charge in [-0.25, -0.2) is 5.48 Å². The molecule has 138 valence electrons. The molecule has 7 nitrogen and oxygen atoms in total. The summed E-state index contributed by atoms with van der Waals surface area (Å²) in [4.78, 5) is 24.1. The van der Waals surface area contributed by atoms with Crippen LogP contribution in [0.15, 0.2) is 35.8 Å². The first-order valence-electron chi connectivity index (χ1n) is 7.86. The minimum Gasteiger partial charge on any atom is -0.338 e. The average Bonchev–Trinajstić information content (AvgIpc) is 3.15. The van der Waals surface area contributed by atoms with E-state index >= 15 is 0 Å². The van der Waals surface area contributed by atoms with Crippen molar-refractivity contribution < 1.29 is 14.8 Å². The molecule has 0 bridgehead atoms. The molecule has 2 rings (SSSR count). The first-order valence-corrected chi connectivity index (χ1v) is 8.70. The number of hydroxylamine groups is 1. The standard InChI is InChI=1S/C19H18N4O3S/c1-19(2,20)16(18(25)23-26)22-17(24)15-9-7-13(8-10-15)5-3-4-6-14-11-21-27-12-14/h7-12,16,26H,20H2,1-2H3,(H,22,24)(H,23,25)/t16-/m1/s1. The lowest BCUT2D eigenvalue weighted by atomic mass is 9.95. The summed E-state index contributed by atoms with van der Waals surface area (Å²) in [6.45, 7) is 3.14. The second-order valence-corrected chi connectivity index (χ2v) is 6.85. The summed E-state index contributed by atoms with van der Waals surface area (Å²) in [5.74, 6) is 9.92. The van der Waals surface area contributed by atoms with Crippen LogP contribution in [0.25, 0.3) is 0 Å². The monoisotopic (exact) mass is 382 g/mol. The van der Waals surface area contributed by atoms with Gasteiger partial charge in [0.1, 0.15) is 6.04 Å². The van der Waals surface area contributed by atoms with Gasteiger partial charge in [0.25, 0.3) is 11.8 Å². The first-order chi connectivity index (χ1) is 12.8. The molecule has 27 heavy (non-hydrogen) atoms. The maximum absolute atomic E-state index is 12.3. The van der Waals surface area contributed by atoms with Crippen molar-refractivity contribution in [3.05, 3.63) is 52.5 Å². The van der Waals surface area contributed by atoms with Crippen molar-refractivity contribution >= 4 is 23.3 Å². The van der Waals surface area contributed by atoms with Crippen LogP contribution in [-0.4, -0.2) is 33.0 Å². The Morgan fingerprint density at radius 3 is 2.33 bits per heavy atom. The number of nitrogens with two attached hydrogens (primary N) is 1. The highest BCUT2D eigenvalue weighted by molar-refractivity contribution is 7.03. The summed E-state index contributed by atoms with van der Waals surface area (Å²) in [7, 11) is 0. The van der Waals surface area contributed by atoms with E-state index in [1.165, 1.54) is 17.0 Å². The Morgan fingerprint density at radius 2 is 1.81 bits per heavy atom. The van der Waals surface area contributed by atoms with Crippen LogP contribution in [0.3, 0.4) is 0 Å². The van der Waals surface area contributed by atoms with Crippen LogP contribution >= 0.6 is 11.5 Å². The number of carbonyl (C=O) groups excluding carboxylic acids is 2. The summed E-state index contributed by atoms with van der Waals surface area (Å²) in [5, 5.41) is 13.2. The highest BCUT2D eigenvalue weighted by atomic mass is 32.1. The molecule has 2 amide bonds. The molecule has 1 aromatic heterocycles. The number of hydrogen-bond donors (Lipinski definition) is 4. The Bertz CT molecular complexity index is 924. The Labute approximate surface area is 161 Å². The fourth-order valence-electron chi connectivity index (χ4n) is 2.05. The van der Waals surface area contributed by atoms with E-state index in [9.17, 15) is 9.59 Å². The molecule has 8 heteroatoms. The third-order valence-electron chi connectivity index (χ3n) is 3.45. The Hall–Kier alpha value is -3.17. The fraction of sp³-hybridized carbons (Fsp3) is 0.211. The minimum atomic E-state index is -1.10. The highest BCUT2D eigenvalue weighted by Gasteiger charge is 2.33. The number of nitrogens with one attached hydrogen (secondary N) is 2. The SMILES string of the molecule is CC(C)(N)[C@H](NC(=O)c1ccc(C#CC#Cc2cnsc2)cc1)C(=O)NO. The average molecular weight is 382 g/mol. The third kappa shape index (κ3) is 5.94. The van der Waals surface area contributed by atoms with Gasteiger partial charge in [-0.3, -0.25) is 14.8 Å². The smallest absolute Gasteiger partial charge is 0.267 e. The molecule has 5 N–H and O–H groups in total. The van der Waals surface area contributed by atoms with Crippen molar-refractivity contribution in [1.82, 2.24) is 15.2 Å². The molecule has 1 heterocycles. The van der Waals surface area contributed by atoms with E-state index in [4.69, 9.17) is 10.9 Å². The Balaban J connectivity index is 2.06. The van der Waals surface area contributed by atoms with E-state index in [-0.39, 0.29) is 0 Å². The van der Waals surface area contributed by atoms with Crippen molar-refractivity contribution in [2.75, 3.05) is 0 Å². The van der Waals surface area contributed by atoms with Crippen LogP contribution in [0.2, 0.25) is 0 Å². The topological polar surface area (TPSA) is 117 Å². The van der Waals surface area contributed by atoms with Gasteiger partial charge in [0.15, 0.2) is 0 Å². The number of amides is 2. The number of hydrogen-bond acceptors (Lipinski definition) is 6. The maximum atomic E-state index is 12.3. The molecule has 0 aliphatic heterocycles. The highest BCUT2D eigenvalue weighted by Crippen LogP contribution is 2.09. The first kappa shape index (κ1) is 20.1. The molecule has 0 saturated heterocycles. The number of carbonyl (C=O) groups is 2. The molecule has 2 aromatic rings. The number of rotatable bonds is 4. The Morgan fingerprint density at radius 1 is 1.19 bits per heavy atom.